The van der Waals surface area contributed by atoms with Crippen molar-refractivity contribution in [2.45, 2.75) is 6.54 Å². The number of nitriles is 1. The van der Waals surface area contributed by atoms with E-state index in [0.29, 0.717) is 22.9 Å². The second-order valence-electron chi connectivity index (χ2n) is 4.02. The van der Waals surface area contributed by atoms with E-state index in [4.69, 9.17) is 21.6 Å². The van der Waals surface area contributed by atoms with Crippen LogP contribution in [0.5, 0.6) is 5.75 Å². The molecular formula is C15H12ClFN2O. The van der Waals surface area contributed by atoms with Crippen LogP contribution in [0.4, 0.5) is 10.1 Å². The topological polar surface area (TPSA) is 45.0 Å². The van der Waals surface area contributed by atoms with Crippen molar-refractivity contribution in [3.05, 3.63) is 58.9 Å². The summed E-state index contributed by atoms with van der Waals surface area (Å²) in [6.45, 7) is 0.307. The van der Waals surface area contributed by atoms with Gasteiger partial charge in [-0.25, -0.2) is 4.39 Å². The fourth-order valence-corrected chi connectivity index (χ4v) is 1.91. The molecule has 0 aromatic heterocycles. The lowest BCUT2D eigenvalue weighted by molar-refractivity contribution is 0.368. The molecule has 0 spiro atoms. The van der Waals surface area contributed by atoms with Crippen LogP contribution in [0, 0.1) is 17.1 Å². The Morgan fingerprint density at radius 1 is 1.20 bits per heavy atom. The summed E-state index contributed by atoms with van der Waals surface area (Å²) < 4.78 is 18.7. The SMILES string of the molecule is N#CCOc1ccc(NCc2c(F)cccc2Cl)cc1. The molecule has 0 atom stereocenters. The van der Waals surface area contributed by atoms with E-state index in [9.17, 15) is 4.39 Å². The molecule has 20 heavy (non-hydrogen) atoms. The minimum atomic E-state index is -0.334. The third-order valence-electron chi connectivity index (χ3n) is 2.69. The van der Waals surface area contributed by atoms with E-state index in [0.717, 1.165) is 5.69 Å². The summed E-state index contributed by atoms with van der Waals surface area (Å²) in [5.74, 6) is 0.278. The van der Waals surface area contributed by atoms with Crippen molar-refractivity contribution in [3.63, 3.8) is 0 Å². The first-order chi connectivity index (χ1) is 9.70. The van der Waals surface area contributed by atoms with E-state index in [-0.39, 0.29) is 12.4 Å². The number of ether oxygens (including phenoxy) is 1. The Bertz CT molecular complexity index is 603. The summed E-state index contributed by atoms with van der Waals surface area (Å²) >= 11 is 5.95. The van der Waals surface area contributed by atoms with Gasteiger partial charge in [0, 0.05) is 22.8 Å². The molecule has 2 rings (SSSR count). The molecule has 0 aliphatic rings. The van der Waals surface area contributed by atoms with E-state index in [1.165, 1.54) is 6.07 Å². The van der Waals surface area contributed by atoms with E-state index >= 15 is 0 Å². The van der Waals surface area contributed by atoms with E-state index < -0.39 is 0 Å². The molecular weight excluding hydrogens is 279 g/mol. The Morgan fingerprint density at radius 2 is 1.95 bits per heavy atom. The second-order valence-corrected chi connectivity index (χ2v) is 4.43. The summed E-state index contributed by atoms with van der Waals surface area (Å²) in [7, 11) is 0. The summed E-state index contributed by atoms with van der Waals surface area (Å²) in [4.78, 5) is 0. The minimum absolute atomic E-state index is 0.0115. The molecule has 2 aromatic rings. The normalized spacial score (nSPS) is 9.85. The fourth-order valence-electron chi connectivity index (χ4n) is 1.68. The monoisotopic (exact) mass is 290 g/mol. The summed E-state index contributed by atoms with van der Waals surface area (Å²) in [5.41, 5.74) is 1.24. The quantitative estimate of drug-likeness (QED) is 0.905. The molecule has 0 amide bonds. The first kappa shape index (κ1) is 14.2. The van der Waals surface area contributed by atoms with Crippen LogP contribution in [-0.2, 0) is 6.54 Å². The molecule has 0 radical (unpaired) electrons. The predicted molar refractivity (Wildman–Crippen MR) is 76.3 cm³/mol. The Kier molecular flexibility index (Phi) is 4.80. The maximum Gasteiger partial charge on any atom is 0.174 e. The highest BCUT2D eigenvalue weighted by atomic mass is 35.5. The van der Waals surface area contributed by atoms with Crippen molar-refractivity contribution < 1.29 is 9.13 Å². The maximum atomic E-state index is 13.6. The van der Waals surface area contributed by atoms with Crippen molar-refractivity contribution in [1.29, 1.82) is 5.26 Å². The molecule has 0 unspecified atom stereocenters. The molecule has 102 valence electrons. The van der Waals surface area contributed by atoms with Crippen molar-refractivity contribution in [1.82, 2.24) is 0 Å². The van der Waals surface area contributed by atoms with Gasteiger partial charge < -0.3 is 10.1 Å². The third-order valence-corrected chi connectivity index (χ3v) is 3.04. The van der Waals surface area contributed by atoms with E-state index in [1.807, 2.05) is 6.07 Å². The lowest BCUT2D eigenvalue weighted by Crippen LogP contribution is -2.02. The number of anilines is 1. The van der Waals surface area contributed by atoms with Crippen LogP contribution in [0.3, 0.4) is 0 Å². The Balaban J connectivity index is 1.99. The number of halogens is 2. The van der Waals surface area contributed by atoms with Gasteiger partial charge in [-0.2, -0.15) is 5.26 Å². The van der Waals surface area contributed by atoms with Crippen LogP contribution < -0.4 is 10.1 Å². The highest BCUT2D eigenvalue weighted by Crippen LogP contribution is 2.21. The lowest BCUT2D eigenvalue weighted by atomic mass is 10.2. The van der Waals surface area contributed by atoms with Crippen molar-refractivity contribution in [2.75, 3.05) is 11.9 Å². The molecule has 0 fully saturated rings. The van der Waals surface area contributed by atoms with Crippen molar-refractivity contribution >= 4 is 17.3 Å². The third kappa shape index (κ3) is 3.62. The number of nitrogens with zero attached hydrogens (tertiary/aromatic N) is 1. The van der Waals surface area contributed by atoms with Crippen molar-refractivity contribution in [3.8, 4) is 11.8 Å². The predicted octanol–water partition coefficient (Wildman–Crippen LogP) is 3.99. The number of rotatable bonds is 5. The first-order valence-electron chi connectivity index (χ1n) is 5.97. The zero-order chi connectivity index (χ0) is 14.4. The molecule has 0 aliphatic heterocycles. The molecule has 0 heterocycles. The molecule has 1 N–H and O–H groups in total. The molecule has 2 aromatic carbocycles. The van der Waals surface area contributed by atoms with Gasteiger partial charge in [0.1, 0.15) is 17.6 Å². The fraction of sp³-hybridized carbons (Fsp3) is 0.133. The van der Waals surface area contributed by atoms with Gasteiger partial charge >= 0.3 is 0 Å². The van der Waals surface area contributed by atoms with Crippen LogP contribution in [0.15, 0.2) is 42.5 Å². The Morgan fingerprint density at radius 3 is 2.60 bits per heavy atom. The largest absolute Gasteiger partial charge is 0.479 e. The average Bonchev–Trinajstić information content (AvgIpc) is 2.46. The van der Waals surface area contributed by atoms with Crippen LogP contribution in [0.25, 0.3) is 0 Å². The first-order valence-corrected chi connectivity index (χ1v) is 6.35. The zero-order valence-electron chi connectivity index (χ0n) is 10.6. The standard InChI is InChI=1S/C15H12ClFN2O/c16-14-2-1-3-15(17)13(14)10-19-11-4-6-12(7-5-11)20-9-8-18/h1-7,19H,9-10H2. The number of nitrogens with one attached hydrogen (secondary N) is 1. The molecule has 0 aliphatic carbocycles. The van der Waals surface area contributed by atoms with Crippen molar-refractivity contribution in [2.24, 2.45) is 0 Å². The summed E-state index contributed by atoms with van der Waals surface area (Å²) in [6.07, 6.45) is 0. The molecule has 0 bridgehead atoms. The number of hydrogen-bond donors (Lipinski definition) is 1. The Labute approximate surface area is 121 Å². The highest BCUT2D eigenvalue weighted by molar-refractivity contribution is 6.31. The summed E-state index contributed by atoms with van der Waals surface area (Å²) in [6, 6.07) is 13.6. The van der Waals surface area contributed by atoms with Gasteiger partial charge in [0.05, 0.1) is 0 Å². The molecule has 0 saturated carbocycles. The van der Waals surface area contributed by atoms with Crippen LogP contribution in [0.1, 0.15) is 5.56 Å². The van der Waals surface area contributed by atoms with E-state index in [1.54, 1.807) is 36.4 Å². The van der Waals surface area contributed by atoms with Gasteiger partial charge in [0.25, 0.3) is 0 Å². The molecule has 5 heteroatoms. The average molecular weight is 291 g/mol. The number of benzene rings is 2. The maximum absolute atomic E-state index is 13.6. The van der Waals surface area contributed by atoms with Gasteiger partial charge in [-0.15, -0.1) is 0 Å². The van der Waals surface area contributed by atoms with Crippen LogP contribution in [0.2, 0.25) is 5.02 Å². The van der Waals surface area contributed by atoms with Crippen LogP contribution in [-0.4, -0.2) is 6.61 Å². The highest BCUT2D eigenvalue weighted by Gasteiger charge is 2.06. The smallest absolute Gasteiger partial charge is 0.174 e. The van der Waals surface area contributed by atoms with Gasteiger partial charge in [-0.1, -0.05) is 17.7 Å². The second kappa shape index (κ2) is 6.78. The minimum Gasteiger partial charge on any atom is -0.479 e. The van der Waals surface area contributed by atoms with Gasteiger partial charge in [-0.3, -0.25) is 0 Å². The summed E-state index contributed by atoms with van der Waals surface area (Å²) in [5, 5.41) is 11.9. The van der Waals surface area contributed by atoms with Crippen LogP contribution >= 0.6 is 11.6 Å². The van der Waals surface area contributed by atoms with E-state index in [2.05, 4.69) is 5.32 Å². The molecule has 3 nitrogen and oxygen atoms in total. The lowest BCUT2D eigenvalue weighted by Gasteiger charge is -2.09. The van der Waals surface area contributed by atoms with Gasteiger partial charge in [0.15, 0.2) is 6.61 Å². The number of hydrogen-bond acceptors (Lipinski definition) is 3. The van der Waals surface area contributed by atoms with Gasteiger partial charge in [-0.05, 0) is 36.4 Å². The zero-order valence-corrected chi connectivity index (χ0v) is 11.3. The van der Waals surface area contributed by atoms with Gasteiger partial charge in [0.2, 0.25) is 0 Å². The molecule has 0 saturated heterocycles. The Hall–Kier alpha value is -2.25.